The van der Waals surface area contributed by atoms with Crippen LogP contribution in [0.3, 0.4) is 0 Å². The minimum absolute atomic E-state index is 0.0168. The van der Waals surface area contributed by atoms with Crippen LogP contribution in [-0.4, -0.2) is 47.0 Å². The normalized spacial score (nSPS) is 14.9. The van der Waals surface area contributed by atoms with E-state index in [1.54, 1.807) is 19.1 Å². The highest BCUT2D eigenvalue weighted by Crippen LogP contribution is 2.36. The van der Waals surface area contributed by atoms with E-state index in [9.17, 15) is 31.1 Å². The van der Waals surface area contributed by atoms with E-state index in [0.717, 1.165) is 16.8 Å². The Balaban J connectivity index is 1.59. The summed E-state index contributed by atoms with van der Waals surface area (Å²) in [6.45, 7) is 4.69. The van der Waals surface area contributed by atoms with Crippen LogP contribution in [0.4, 0.5) is 32.2 Å². The summed E-state index contributed by atoms with van der Waals surface area (Å²) in [7, 11) is 0. The van der Waals surface area contributed by atoms with Gasteiger partial charge in [-0.25, -0.2) is 9.97 Å². The van der Waals surface area contributed by atoms with Gasteiger partial charge in [0, 0.05) is 54.4 Å². The predicted octanol–water partition coefficient (Wildman–Crippen LogP) is 6.73. The van der Waals surface area contributed by atoms with Crippen LogP contribution >= 0.6 is 11.6 Å². The Labute approximate surface area is 226 Å². The quantitative estimate of drug-likeness (QED) is 0.327. The van der Waals surface area contributed by atoms with Crippen LogP contribution in [0.5, 0.6) is 0 Å². The third-order valence-corrected chi connectivity index (χ3v) is 6.77. The number of carbonyl (C=O) groups excluding carboxylic acids is 1. The van der Waals surface area contributed by atoms with Crippen molar-refractivity contribution in [3.05, 3.63) is 86.8 Å². The Bertz CT molecular complexity index is 1330. The van der Waals surface area contributed by atoms with E-state index in [0.29, 0.717) is 54.7 Å². The topological polar surface area (TPSA) is 49.3 Å². The van der Waals surface area contributed by atoms with Gasteiger partial charge in [0.15, 0.2) is 0 Å². The average Bonchev–Trinajstić information content (AvgIpc) is 3.11. The second kappa shape index (κ2) is 11.0. The van der Waals surface area contributed by atoms with Crippen molar-refractivity contribution in [2.45, 2.75) is 39.0 Å². The Hall–Kier alpha value is -3.34. The third-order valence-electron chi connectivity index (χ3n) is 6.52. The van der Waals surface area contributed by atoms with Crippen molar-refractivity contribution in [3.63, 3.8) is 0 Å². The lowest BCUT2D eigenvalue weighted by atomic mass is 10.0. The third kappa shape index (κ3) is 6.81. The van der Waals surface area contributed by atoms with E-state index in [4.69, 9.17) is 11.6 Å². The van der Waals surface area contributed by atoms with Gasteiger partial charge in [-0.1, -0.05) is 23.7 Å². The molecule has 2 heterocycles. The highest BCUT2D eigenvalue weighted by Gasteiger charge is 2.38. The lowest BCUT2D eigenvalue weighted by molar-refractivity contribution is -0.143. The van der Waals surface area contributed by atoms with Gasteiger partial charge in [-0.15, -0.1) is 0 Å². The first-order valence-corrected chi connectivity index (χ1v) is 12.5. The molecule has 2 aromatic carbocycles. The van der Waals surface area contributed by atoms with Crippen LogP contribution in [0.15, 0.2) is 42.5 Å². The van der Waals surface area contributed by atoms with E-state index in [2.05, 4.69) is 9.97 Å². The molecule has 4 rings (SSSR count). The molecule has 1 aliphatic heterocycles. The van der Waals surface area contributed by atoms with Gasteiger partial charge in [-0.05, 0) is 56.2 Å². The van der Waals surface area contributed by atoms with Crippen LogP contribution in [0.25, 0.3) is 0 Å². The average molecular weight is 571 g/mol. The number of nitrogens with zero attached hydrogens (tertiary/aromatic N) is 4. The lowest BCUT2D eigenvalue weighted by Gasteiger charge is -2.26. The monoisotopic (exact) mass is 570 g/mol. The summed E-state index contributed by atoms with van der Waals surface area (Å²) in [6, 6.07) is 8.34. The number of hydrogen-bond donors (Lipinski definition) is 0. The van der Waals surface area contributed by atoms with Gasteiger partial charge < -0.3 is 9.80 Å². The Kier molecular flexibility index (Phi) is 8.11. The number of carbonyl (C=O) groups is 1. The zero-order chi connectivity index (χ0) is 28.5. The Morgan fingerprint density at radius 1 is 0.872 bits per heavy atom. The molecule has 1 saturated heterocycles. The minimum Gasteiger partial charge on any atom is -0.354 e. The van der Waals surface area contributed by atoms with Crippen LogP contribution in [0, 0.1) is 13.8 Å². The summed E-state index contributed by atoms with van der Waals surface area (Å²) in [5.74, 6) is 0.357. The SMILES string of the molecule is Cc1nc(C)c(Cc2ccc(Cl)cc2)c(N2CCCN(C(=O)c3cc(C(F)(F)F)cc(C(F)(F)F)c3)CC2)n1. The highest BCUT2D eigenvalue weighted by molar-refractivity contribution is 6.30. The number of rotatable bonds is 4. The maximum atomic E-state index is 13.3. The summed E-state index contributed by atoms with van der Waals surface area (Å²) in [5.41, 5.74) is -1.02. The molecular weight excluding hydrogens is 546 g/mol. The lowest BCUT2D eigenvalue weighted by Crippen LogP contribution is -2.36. The van der Waals surface area contributed by atoms with E-state index in [1.807, 2.05) is 24.0 Å². The van der Waals surface area contributed by atoms with Gasteiger partial charge in [0.25, 0.3) is 5.91 Å². The Morgan fingerprint density at radius 3 is 2.08 bits per heavy atom. The van der Waals surface area contributed by atoms with Crippen LogP contribution in [0.1, 0.15) is 50.6 Å². The van der Waals surface area contributed by atoms with Crippen LogP contribution in [-0.2, 0) is 18.8 Å². The number of alkyl halides is 6. The summed E-state index contributed by atoms with van der Waals surface area (Å²) in [4.78, 5) is 25.5. The van der Waals surface area contributed by atoms with Crippen LogP contribution < -0.4 is 4.90 Å². The molecule has 5 nitrogen and oxygen atoms in total. The van der Waals surface area contributed by atoms with Crippen LogP contribution in [0.2, 0.25) is 5.02 Å². The molecule has 0 bridgehead atoms. The van der Waals surface area contributed by atoms with Gasteiger partial charge in [-0.3, -0.25) is 4.79 Å². The van der Waals surface area contributed by atoms with Gasteiger partial charge in [0.1, 0.15) is 11.6 Å². The van der Waals surface area contributed by atoms with Crippen molar-refractivity contribution in [1.82, 2.24) is 14.9 Å². The van der Waals surface area contributed by atoms with E-state index >= 15 is 0 Å². The predicted molar refractivity (Wildman–Crippen MR) is 135 cm³/mol. The standard InChI is InChI=1S/C27H25ClF6N4O/c1-16-23(12-18-4-6-22(28)7-5-18)24(36-17(2)35-16)37-8-3-9-38(11-10-37)25(39)19-13-20(26(29,30)31)15-21(14-19)27(32,33)34/h4-7,13-15H,3,8-12H2,1-2H3. The summed E-state index contributed by atoms with van der Waals surface area (Å²) in [6.07, 6.45) is -9.09. The number of benzene rings is 2. The first-order valence-electron chi connectivity index (χ1n) is 12.1. The largest absolute Gasteiger partial charge is 0.416 e. The fraction of sp³-hybridized carbons (Fsp3) is 0.370. The molecular formula is C27H25ClF6N4O. The summed E-state index contributed by atoms with van der Waals surface area (Å²) < 4.78 is 79.8. The van der Waals surface area contributed by atoms with Crippen molar-refractivity contribution < 1.29 is 31.1 Å². The fourth-order valence-corrected chi connectivity index (χ4v) is 4.71. The molecule has 0 spiro atoms. The molecule has 0 unspecified atom stereocenters. The van der Waals surface area contributed by atoms with Crippen molar-refractivity contribution in [1.29, 1.82) is 0 Å². The second-order valence-electron chi connectivity index (χ2n) is 9.39. The fourth-order valence-electron chi connectivity index (χ4n) is 4.59. The zero-order valence-electron chi connectivity index (χ0n) is 21.1. The number of aromatic nitrogens is 2. The summed E-state index contributed by atoms with van der Waals surface area (Å²) in [5, 5.41) is 0.608. The maximum Gasteiger partial charge on any atom is 0.416 e. The Morgan fingerprint density at radius 2 is 1.49 bits per heavy atom. The number of halogens is 7. The number of amides is 1. The van der Waals surface area contributed by atoms with Crippen molar-refractivity contribution >= 4 is 23.3 Å². The molecule has 0 saturated carbocycles. The first kappa shape index (κ1) is 28.7. The van der Waals surface area contributed by atoms with Crippen molar-refractivity contribution in [2.24, 2.45) is 0 Å². The highest BCUT2D eigenvalue weighted by atomic mass is 35.5. The van der Waals surface area contributed by atoms with E-state index in [-0.39, 0.29) is 19.2 Å². The molecule has 39 heavy (non-hydrogen) atoms. The van der Waals surface area contributed by atoms with Crippen molar-refractivity contribution in [2.75, 3.05) is 31.1 Å². The number of anilines is 1. The van der Waals surface area contributed by atoms with Gasteiger partial charge in [0.2, 0.25) is 0 Å². The molecule has 1 aromatic heterocycles. The van der Waals surface area contributed by atoms with Gasteiger partial charge in [0.05, 0.1) is 11.1 Å². The molecule has 1 amide bonds. The van der Waals surface area contributed by atoms with Crippen molar-refractivity contribution in [3.8, 4) is 0 Å². The maximum absolute atomic E-state index is 13.3. The minimum atomic E-state index is -5.03. The molecule has 3 aromatic rings. The molecule has 1 aliphatic rings. The molecule has 0 N–H and O–H groups in total. The molecule has 0 radical (unpaired) electrons. The number of hydrogen-bond acceptors (Lipinski definition) is 4. The van der Waals surface area contributed by atoms with E-state index in [1.165, 1.54) is 4.90 Å². The smallest absolute Gasteiger partial charge is 0.354 e. The molecule has 12 heteroatoms. The summed E-state index contributed by atoms with van der Waals surface area (Å²) >= 11 is 6.01. The zero-order valence-corrected chi connectivity index (χ0v) is 21.9. The van der Waals surface area contributed by atoms with Gasteiger partial charge >= 0.3 is 12.4 Å². The molecule has 0 atom stereocenters. The first-order chi connectivity index (χ1) is 18.2. The second-order valence-corrected chi connectivity index (χ2v) is 9.83. The van der Waals surface area contributed by atoms with Gasteiger partial charge in [-0.2, -0.15) is 26.3 Å². The van der Waals surface area contributed by atoms with E-state index < -0.39 is 35.0 Å². The molecule has 1 fully saturated rings. The molecule has 0 aliphatic carbocycles. The number of aryl methyl sites for hydroxylation is 2. The molecule has 208 valence electrons.